The number of nitrogens with one attached hydrogen (secondary N) is 1. The molecule has 1 aromatic heterocycles. The number of carbonyl (C=O) groups is 2. The first-order chi connectivity index (χ1) is 11.7. The van der Waals surface area contributed by atoms with Crippen molar-refractivity contribution in [2.75, 3.05) is 11.9 Å². The molecule has 0 fully saturated rings. The summed E-state index contributed by atoms with van der Waals surface area (Å²) in [5.41, 5.74) is 7.01. The molecule has 25 heavy (non-hydrogen) atoms. The minimum absolute atomic E-state index is 0.337. The number of anilines is 1. The molecule has 0 bridgehead atoms. The Labute approximate surface area is 159 Å². The second kappa shape index (κ2) is 8.01. The highest BCUT2D eigenvalue weighted by Gasteiger charge is 2.21. The molecule has 1 aromatic carbocycles. The van der Waals surface area contributed by atoms with Gasteiger partial charge in [0.05, 0.1) is 17.7 Å². The van der Waals surface area contributed by atoms with Crippen LogP contribution in [0.15, 0.2) is 22.7 Å². The summed E-state index contributed by atoms with van der Waals surface area (Å²) in [5.74, 6) is -0.0601. The zero-order valence-electron chi connectivity index (χ0n) is 14.6. The zero-order valence-corrected chi connectivity index (χ0v) is 17.0. The average molecular weight is 425 g/mol. The average Bonchev–Trinajstić information content (AvgIpc) is 2.80. The summed E-state index contributed by atoms with van der Waals surface area (Å²) < 4.78 is 6.52. The van der Waals surface area contributed by atoms with Gasteiger partial charge in [-0.25, -0.2) is 0 Å². The van der Waals surface area contributed by atoms with E-state index in [0.29, 0.717) is 34.4 Å². The van der Waals surface area contributed by atoms with Crippen LogP contribution in [0.1, 0.15) is 45.0 Å². The van der Waals surface area contributed by atoms with Gasteiger partial charge in [0.15, 0.2) is 0 Å². The maximum absolute atomic E-state index is 12.8. The molecule has 5 nitrogen and oxygen atoms in total. The van der Waals surface area contributed by atoms with Crippen molar-refractivity contribution in [1.29, 1.82) is 0 Å². The Hall–Kier alpha value is -1.86. The second-order valence-corrected chi connectivity index (χ2v) is 8.29. The molecule has 7 heteroatoms. The van der Waals surface area contributed by atoms with Crippen molar-refractivity contribution in [3.05, 3.63) is 44.2 Å². The van der Waals surface area contributed by atoms with Crippen molar-refractivity contribution in [1.82, 2.24) is 0 Å². The predicted molar refractivity (Wildman–Crippen MR) is 105 cm³/mol. The summed E-state index contributed by atoms with van der Waals surface area (Å²) in [7, 11) is 0. The van der Waals surface area contributed by atoms with Gasteiger partial charge in [-0.1, -0.05) is 29.8 Å². The van der Waals surface area contributed by atoms with Crippen molar-refractivity contribution in [3.8, 4) is 5.75 Å². The minimum Gasteiger partial charge on any atom is -0.492 e. The van der Waals surface area contributed by atoms with E-state index in [-0.39, 0.29) is 5.91 Å². The lowest BCUT2D eigenvalue weighted by Crippen LogP contribution is -2.18. The SMILES string of the molecule is Cc1sc(NC(=O)c2cc(Br)ccc2OCC(C)C)c(C(N)=O)c1C. The lowest BCUT2D eigenvalue weighted by molar-refractivity contribution is 0.100. The molecule has 2 aromatic rings. The van der Waals surface area contributed by atoms with Gasteiger partial charge in [-0.3, -0.25) is 9.59 Å². The first-order valence-corrected chi connectivity index (χ1v) is 9.45. The number of thiophene rings is 1. The van der Waals surface area contributed by atoms with E-state index >= 15 is 0 Å². The lowest BCUT2D eigenvalue weighted by Gasteiger charge is -2.13. The number of amides is 2. The number of nitrogens with two attached hydrogens (primary N) is 1. The Morgan fingerprint density at radius 2 is 2.00 bits per heavy atom. The number of halogens is 1. The minimum atomic E-state index is -0.553. The normalized spacial score (nSPS) is 10.8. The van der Waals surface area contributed by atoms with E-state index in [1.54, 1.807) is 12.1 Å². The summed E-state index contributed by atoms with van der Waals surface area (Å²) in [4.78, 5) is 25.4. The van der Waals surface area contributed by atoms with Crippen LogP contribution in [-0.2, 0) is 0 Å². The highest BCUT2D eigenvalue weighted by atomic mass is 79.9. The number of primary amides is 1. The van der Waals surface area contributed by atoms with Crippen LogP contribution in [-0.4, -0.2) is 18.4 Å². The summed E-state index contributed by atoms with van der Waals surface area (Å²) in [5, 5.41) is 3.26. The molecule has 2 amide bonds. The van der Waals surface area contributed by atoms with E-state index in [0.717, 1.165) is 14.9 Å². The highest BCUT2D eigenvalue weighted by molar-refractivity contribution is 9.10. The number of hydrogen-bond donors (Lipinski definition) is 2. The van der Waals surface area contributed by atoms with Crippen molar-refractivity contribution >= 4 is 44.1 Å². The van der Waals surface area contributed by atoms with Gasteiger partial charge in [-0.2, -0.15) is 0 Å². The fraction of sp³-hybridized carbons (Fsp3) is 0.333. The van der Waals surface area contributed by atoms with Crippen molar-refractivity contribution in [2.45, 2.75) is 27.7 Å². The largest absolute Gasteiger partial charge is 0.492 e. The van der Waals surface area contributed by atoms with E-state index in [2.05, 4.69) is 21.2 Å². The number of carbonyl (C=O) groups excluding carboxylic acids is 2. The Morgan fingerprint density at radius 3 is 2.60 bits per heavy atom. The van der Waals surface area contributed by atoms with Crippen LogP contribution in [0.5, 0.6) is 5.75 Å². The standard InChI is InChI=1S/C18H21BrN2O3S/c1-9(2)8-24-14-6-5-12(19)7-13(14)17(23)21-18-15(16(20)22)10(3)11(4)25-18/h5-7,9H,8H2,1-4H3,(H2,20,22)(H,21,23). The van der Waals surface area contributed by atoms with Crippen LogP contribution >= 0.6 is 27.3 Å². The molecular formula is C18H21BrN2O3S. The van der Waals surface area contributed by atoms with Gasteiger partial charge in [0, 0.05) is 9.35 Å². The topological polar surface area (TPSA) is 81.4 Å². The van der Waals surface area contributed by atoms with Crippen LogP contribution in [0.25, 0.3) is 0 Å². The fourth-order valence-electron chi connectivity index (χ4n) is 2.24. The number of rotatable bonds is 6. The third-order valence-electron chi connectivity index (χ3n) is 3.62. The van der Waals surface area contributed by atoms with Crippen LogP contribution in [0.4, 0.5) is 5.00 Å². The molecule has 0 aliphatic heterocycles. The third-order valence-corrected chi connectivity index (χ3v) is 5.23. The van der Waals surface area contributed by atoms with Gasteiger partial charge in [0.1, 0.15) is 10.8 Å². The molecule has 0 spiro atoms. The number of aryl methyl sites for hydroxylation is 1. The number of ether oxygens (including phenoxy) is 1. The van der Waals surface area contributed by atoms with Gasteiger partial charge in [0.2, 0.25) is 0 Å². The Kier molecular flexibility index (Phi) is 6.24. The lowest BCUT2D eigenvalue weighted by atomic mass is 10.1. The Bertz CT molecular complexity index is 815. The van der Waals surface area contributed by atoms with Gasteiger partial charge >= 0.3 is 0 Å². The molecule has 1 heterocycles. The number of hydrogen-bond acceptors (Lipinski definition) is 4. The maximum Gasteiger partial charge on any atom is 0.260 e. The van der Waals surface area contributed by atoms with E-state index < -0.39 is 5.91 Å². The smallest absolute Gasteiger partial charge is 0.260 e. The zero-order chi connectivity index (χ0) is 18.7. The molecule has 0 saturated carbocycles. The molecule has 0 atom stereocenters. The van der Waals surface area contributed by atoms with Gasteiger partial charge < -0.3 is 15.8 Å². The molecule has 2 rings (SSSR count). The molecule has 0 radical (unpaired) electrons. The molecular weight excluding hydrogens is 404 g/mol. The Morgan fingerprint density at radius 1 is 1.32 bits per heavy atom. The summed E-state index contributed by atoms with van der Waals surface area (Å²) >= 11 is 4.71. The summed E-state index contributed by atoms with van der Waals surface area (Å²) in [6, 6.07) is 5.27. The first-order valence-electron chi connectivity index (χ1n) is 7.84. The van der Waals surface area contributed by atoms with Crippen LogP contribution < -0.4 is 15.8 Å². The molecule has 3 N–H and O–H groups in total. The highest BCUT2D eigenvalue weighted by Crippen LogP contribution is 2.33. The van der Waals surface area contributed by atoms with Gasteiger partial charge in [-0.05, 0) is 43.5 Å². The van der Waals surface area contributed by atoms with E-state index in [4.69, 9.17) is 10.5 Å². The number of benzene rings is 1. The van der Waals surface area contributed by atoms with Crippen molar-refractivity contribution < 1.29 is 14.3 Å². The second-order valence-electron chi connectivity index (χ2n) is 6.15. The monoisotopic (exact) mass is 424 g/mol. The van der Waals surface area contributed by atoms with Crippen LogP contribution in [0.3, 0.4) is 0 Å². The molecule has 0 aliphatic carbocycles. The van der Waals surface area contributed by atoms with E-state index in [1.807, 2.05) is 33.8 Å². The first kappa shape index (κ1) is 19.5. The Balaban J connectivity index is 2.34. The van der Waals surface area contributed by atoms with Crippen LogP contribution in [0.2, 0.25) is 0 Å². The quantitative estimate of drug-likeness (QED) is 0.715. The van der Waals surface area contributed by atoms with Gasteiger partial charge in [0.25, 0.3) is 11.8 Å². The van der Waals surface area contributed by atoms with Crippen LogP contribution in [0, 0.1) is 19.8 Å². The maximum atomic E-state index is 12.8. The summed E-state index contributed by atoms with van der Waals surface area (Å²) in [6.45, 7) is 8.28. The molecule has 0 unspecified atom stereocenters. The molecule has 134 valence electrons. The molecule has 0 aliphatic rings. The predicted octanol–water partition coefficient (Wildman–Crippen LogP) is 4.51. The van der Waals surface area contributed by atoms with Gasteiger partial charge in [-0.15, -0.1) is 11.3 Å². The summed E-state index contributed by atoms with van der Waals surface area (Å²) in [6.07, 6.45) is 0. The third kappa shape index (κ3) is 4.61. The molecule has 0 saturated heterocycles. The van der Waals surface area contributed by atoms with E-state index in [9.17, 15) is 9.59 Å². The van der Waals surface area contributed by atoms with E-state index in [1.165, 1.54) is 11.3 Å². The van der Waals surface area contributed by atoms with Crippen molar-refractivity contribution in [3.63, 3.8) is 0 Å². The fourth-order valence-corrected chi connectivity index (χ4v) is 3.67. The van der Waals surface area contributed by atoms with Crippen molar-refractivity contribution in [2.24, 2.45) is 11.7 Å².